The van der Waals surface area contributed by atoms with Gasteiger partial charge in [0.2, 0.25) is 5.95 Å². The van der Waals surface area contributed by atoms with Crippen molar-refractivity contribution < 1.29 is 4.74 Å². The van der Waals surface area contributed by atoms with Gasteiger partial charge >= 0.3 is 0 Å². The van der Waals surface area contributed by atoms with E-state index in [2.05, 4.69) is 46.8 Å². The van der Waals surface area contributed by atoms with Crippen molar-refractivity contribution in [2.75, 3.05) is 30.9 Å². The number of hydrogen-bond donors (Lipinski definition) is 2. The highest BCUT2D eigenvalue weighted by atomic mass is 16.5. The number of aryl methyl sites for hydroxylation is 1. The number of benzene rings is 2. The van der Waals surface area contributed by atoms with Crippen LogP contribution in [0.5, 0.6) is 0 Å². The molecule has 2 N–H and O–H groups in total. The standard InChI is InChI=1S/C22H26N4O/c1-17-9-6-7-12-19(17)16-24-22-25-20(18-10-4-3-5-11-18)15-21(26-22)23-13-8-14-27-2/h3-7,9-12,15H,8,13-14,16H2,1-2H3,(H2,23,24,25,26). The topological polar surface area (TPSA) is 59.1 Å². The van der Waals surface area contributed by atoms with E-state index in [1.54, 1.807) is 7.11 Å². The van der Waals surface area contributed by atoms with Crippen LogP contribution in [0.4, 0.5) is 11.8 Å². The molecule has 1 aromatic heterocycles. The van der Waals surface area contributed by atoms with E-state index in [4.69, 9.17) is 9.72 Å². The van der Waals surface area contributed by atoms with E-state index in [-0.39, 0.29) is 0 Å². The zero-order chi connectivity index (χ0) is 18.9. The monoisotopic (exact) mass is 362 g/mol. The van der Waals surface area contributed by atoms with Crippen molar-refractivity contribution in [3.8, 4) is 11.3 Å². The van der Waals surface area contributed by atoms with Gasteiger partial charge in [0.1, 0.15) is 5.82 Å². The predicted octanol–water partition coefficient (Wildman–Crippen LogP) is 4.51. The third kappa shape index (κ3) is 5.53. The van der Waals surface area contributed by atoms with Crippen molar-refractivity contribution in [3.05, 3.63) is 71.8 Å². The average Bonchev–Trinajstić information content (AvgIpc) is 2.71. The second-order valence-corrected chi connectivity index (χ2v) is 6.38. The minimum absolute atomic E-state index is 0.619. The molecule has 0 aliphatic heterocycles. The molecule has 0 amide bonds. The van der Waals surface area contributed by atoms with Crippen LogP contribution in [0.3, 0.4) is 0 Å². The van der Waals surface area contributed by atoms with Crippen LogP contribution < -0.4 is 10.6 Å². The molecule has 0 saturated heterocycles. The van der Waals surface area contributed by atoms with Crippen LogP contribution in [0, 0.1) is 6.92 Å². The summed E-state index contributed by atoms with van der Waals surface area (Å²) in [5.74, 6) is 1.43. The first kappa shape index (κ1) is 18.9. The molecular formula is C22H26N4O. The predicted molar refractivity (Wildman–Crippen MR) is 111 cm³/mol. The van der Waals surface area contributed by atoms with Gasteiger partial charge in [-0.3, -0.25) is 0 Å². The summed E-state index contributed by atoms with van der Waals surface area (Å²) in [5, 5.41) is 6.74. The highest BCUT2D eigenvalue weighted by molar-refractivity contribution is 5.64. The molecule has 0 aliphatic carbocycles. The molecule has 0 radical (unpaired) electrons. The molecular weight excluding hydrogens is 336 g/mol. The molecule has 5 nitrogen and oxygen atoms in total. The fraction of sp³-hybridized carbons (Fsp3) is 0.273. The summed E-state index contributed by atoms with van der Waals surface area (Å²) in [5.41, 5.74) is 4.45. The number of nitrogens with zero attached hydrogens (tertiary/aromatic N) is 2. The van der Waals surface area contributed by atoms with E-state index in [9.17, 15) is 0 Å². The number of rotatable bonds is 9. The van der Waals surface area contributed by atoms with E-state index in [1.807, 2.05) is 36.4 Å². The first-order chi connectivity index (χ1) is 13.3. The Morgan fingerprint density at radius 2 is 1.70 bits per heavy atom. The zero-order valence-electron chi connectivity index (χ0n) is 15.9. The molecule has 140 valence electrons. The fourth-order valence-electron chi connectivity index (χ4n) is 2.79. The molecule has 1 heterocycles. The Kier molecular flexibility index (Phi) is 6.77. The lowest BCUT2D eigenvalue weighted by molar-refractivity contribution is 0.198. The van der Waals surface area contributed by atoms with Crippen LogP contribution in [-0.2, 0) is 11.3 Å². The van der Waals surface area contributed by atoms with E-state index in [0.717, 1.165) is 36.6 Å². The molecule has 3 aromatic rings. The summed E-state index contributed by atoms with van der Waals surface area (Å²) >= 11 is 0. The molecule has 0 aliphatic rings. The summed E-state index contributed by atoms with van der Waals surface area (Å²) in [6.07, 6.45) is 0.924. The number of nitrogens with one attached hydrogen (secondary N) is 2. The Labute approximate surface area is 160 Å². The molecule has 3 rings (SSSR count). The quantitative estimate of drug-likeness (QED) is 0.548. The average molecular weight is 362 g/mol. The van der Waals surface area contributed by atoms with Crippen LogP contribution in [0.15, 0.2) is 60.7 Å². The van der Waals surface area contributed by atoms with Gasteiger partial charge in [0.05, 0.1) is 5.69 Å². The Morgan fingerprint density at radius 3 is 2.48 bits per heavy atom. The molecule has 27 heavy (non-hydrogen) atoms. The van der Waals surface area contributed by atoms with Crippen LogP contribution in [0.1, 0.15) is 17.5 Å². The number of aromatic nitrogens is 2. The normalized spacial score (nSPS) is 10.6. The first-order valence-electron chi connectivity index (χ1n) is 9.22. The summed E-state index contributed by atoms with van der Waals surface area (Å²) in [4.78, 5) is 9.33. The molecule has 0 saturated carbocycles. The largest absolute Gasteiger partial charge is 0.385 e. The van der Waals surface area contributed by atoms with Gasteiger partial charge in [-0.25, -0.2) is 4.98 Å². The van der Waals surface area contributed by atoms with E-state index < -0.39 is 0 Å². The van der Waals surface area contributed by atoms with Crippen molar-refractivity contribution in [3.63, 3.8) is 0 Å². The minimum atomic E-state index is 0.619. The maximum atomic E-state index is 5.11. The highest BCUT2D eigenvalue weighted by Crippen LogP contribution is 2.21. The summed E-state index contributed by atoms with van der Waals surface area (Å²) < 4.78 is 5.11. The van der Waals surface area contributed by atoms with Gasteiger partial charge in [0.25, 0.3) is 0 Å². The van der Waals surface area contributed by atoms with E-state index in [1.165, 1.54) is 11.1 Å². The number of ether oxygens (including phenoxy) is 1. The number of hydrogen-bond acceptors (Lipinski definition) is 5. The molecule has 0 bridgehead atoms. The summed E-state index contributed by atoms with van der Waals surface area (Å²) in [6, 6.07) is 20.5. The lowest BCUT2D eigenvalue weighted by Crippen LogP contribution is -2.10. The summed E-state index contributed by atoms with van der Waals surface area (Å²) in [6.45, 7) is 4.33. The van der Waals surface area contributed by atoms with Gasteiger partial charge in [0.15, 0.2) is 0 Å². The zero-order valence-corrected chi connectivity index (χ0v) is 15.9. The molecule has 0 atom stereocenters. The van der Waals surface area contributed by atoms with Crippen LogP contribution in [0.2, 0.25) is 0 Å². The third-order valence-corrected chi connectivity index (χ3v) is 4.33. The second kappa shape index (κ2) is 9.69. The molecule has 2 aromatic carbocycles. The first-order valence-corrected chi connectivity index (χ1v) is 9.22. The third-order valence-electron chi connectivity index (χ3n) is 4.33. The van der Waals surface area contributed by atoms with Gasteiger partial charge in [-0.2, -0.15) is 4.98 Å². The highest BCUT2D eigenvalue weighted by Gasteiger charge is 2.07. The smallest absolute Gasteiger partial charge is 0.225 e. The lowest BCUT2D eigenvalue weighted by atomic mass is 10.1. The van der Waals surface area contributed by atoms with Gasteiger partial charge < -0.3 is 15.4 Å². The Hall–Kier alpha value is -2.92. The van der Waals surface area contributed by atoms with E-state index >= 15 is 0 Å². The number of anilines is 2. The van der Waals surface area contributed by atoms with Gasteiger partial charge in [-0.15, -0.1) is 0 Å². The Balaban J connectivity index is 1.79. The van der Waals surface area contributed by atoms with Crippen LogP contribution >= 0.6 is 0 Å². The Bertz CT molecular complexity index is 852. The maximum Gasteiger partial charge on any atom is 0.225 e. The lowest BCUT2D eigenvalue weighted by Gasteiger charge is -2.12. The van der Waals surface area contributed by atoms with E-state index in [0.29, 0.717) is 12.5 Å². The van der Waals surface area contributed by atoms with Crippen molar-refractivity contribution in [2.24, 2.45) is 0 Å². The second-order valence-electron chi connectivity index (χ2n) is 6.38. The van der Waals surface area contributed by atoms with Gasteiger partial charge in [-0.05, 0) is 24.5 Å². The molecule has 5 heteroatoms. The van der Waals surface area contributed by atoms with Gasteiger partial charge in [0, 0.05) is 38.4 Å². The van der Waals surface area contributed by atoms with Crippen LogP contribution in [0.25, 0.3) is 11.3 Å². The van der Waals surface area contributed by atoms with Crippen molar-refractivity contribution in [2.45, 2.75) is 19.9 Å². The fourth-order valence-corrected chi connectivity index (χ4v) is 2.79. The van der Waals surface area contributed by atoms with Crippen LogP contribution in [-0.4, -0.2) is 30.2 Å². The van der Waals surface area contributed by atoms with Gasteiger partial charge in [-0.1, -0.05) is 54.6 Å². The minimum Gasteiger partial charge on any atom is -0.385 e. The molecule has 0 spiro atoms. The van der Waals surface area contributed by atoms with Crippen molar-refractivity contribution >= 4 is 11.8 Å². The molecule has 0 fully saturated rings. The Morgan fingerprint density at radius 1 is 0.926 bits per heavy atom. The SMILES string of the molecule is COCCCNc1cc(-c2ccccc2)nc(NCc2ccccc2C)n1. The maximum absolute atomic E-state index is 5.11. The number of methoxy groups -OCH3 is 1. The molecule has 0 unspecified atom stereocenters. The summed E-state index contributed by atoms with van der Waals surface area (Å²) in [7, 11) is 1.71. The van der Waals surface area contributed by atoms with Crippen molar-refractivity contribution in [1.82, 2.24) is 9.97 Å². The van der Waals surface area contributed by atoms with Crippen molar-refractivity contribution in [1.29, 1.82) is 0 Å².